The lowest BCUT2D eigenvalue weighted by Crippen LogP contribution is -2.33. The number of rotatable bonds is 4. The van der Waals surface area contributed by atoms with Crippen LogP contribution in [-0.2, 0) is 11.2 Å². The van der Waals surface area contributed by atoms with E-state index in [-0.39, 0.29) is 11.9 Å². The van der Waals surface area contributed by atoms with Crippen LogP contribution in [0.3, 0.4) is 0 Å². The van der Waals surface area contributed by atoms with Gasteiger partial charge in [-0.3, -0.25) is 4.79 Å². The Hall–Kier alpha value is -1.55. The molecule has 0 saturated heterocycles. The molecule has 0 radical (unpaired) electrons. The third-order valence-electron chi connectivity index (χ3n) is 3.41. The summed E-state index contributed by atoms with van der Waals surface area (Å²) in [6, 6.07) is 6.35. The van der Waals surface area contributed by atoms with Gasteiger partial charge in [-0.05, 0) is 36.1 Å². The molecule has 1 aromatic rings. The van der Waals surface area contributed by atoms with E-state index < -0.39 is 0 Å². The summed E-state index contributed by atoms with van der Waals surface area (Å²) in [7, 11) is 0. The van der Waals surface area contributed by atoms with Gasteiger partial charge in [-0.25, -0.2) is 0 Å². The smallest absolute Gasteiger partial charge is 0.224 e. The van der Waals surface area contributed by atoms with Gasteiger partial charge in [0.25, 0.3) is 0 Å². The second-order valence-corrected chi connectivity index (χ2v) is 5.15. The highest BCUT2D eigenvalue weighted by Gasteiger charge is 2.16. The molecule has 1 aliphatic heterocycles. The minimum atomic E-state index is 0.102. The van der Waals surface area contributed by atoms with Crippen molar-refractivity contribution in [3.05, 3.63) is 23.8 Å². The summed E-state index contributed by atoms with van der Waals surface area (Å²) in [5, 5.41) is 6.34. The van der Waals surface area contributed by atoms with Crippen LogP contribution in [0.5, 0.6) is 0 Å². The van der Waals surface area contributed by atoms with E-state index in [1.54, 1.807) is 0 Å². The van der Waals surface area contributed by atoms with Crippen molar-refractivity contribution in [3.63, 3.8) is 0 Å². The molecule has 1 unspecified atom stereocenters. The molecule has 4 N–H and O–H groups in total. The number of anilines is 2. The maximum Gasteiger partial charge on any atom is 0.224 e. The Balaban J connectivity index is 2.14. The van der Waals surface area contributed by atoms with Gasteiger partial charge < -0.3 is 16.4 Å². The van der Waals surface area contributed by atoms with Crippen molar-refractivity contribution in [2.24, 2.45) is 11.7 Å². The molecule has 1 aromatic carbocycles. The normalized spacial score (nSPS) is 16.1. The summed E-state index contributed by atoms with van der Waals surface area (Å²) in [5.74, 6) is 0.593. The average Bonchev–Trinajstić information content (AvgIpc) is 2.35. The van der Waals surface area contributed by atoms with Crippen LogP contribution >= 0.6 is 0 Å². The number of hydrogen-bond acceptors (Lipinski definition) is 3. The van der Waals surface area contributed by atoms with E-state index >= 15 is 0 Å². The Bertz CT molecular complexity index is 443. The molecule has 0 spiro atoms. The van der Waals surface area contributed by atoms with Crippen LogP contribution in [0.4, 0.5) is 11.4 Å². The van der Waals surface area contributed by atoms with E-state index in [4.69, 9.17) is 5.73 Å². The number of hydrogen-bond donors (Lipinski definition) is 3. The zero-order valence-electron chi connectivity index (χ0n) is 11.0. The highest BCUT2D eigenvalue weighted by Crippen LogP contribution is 2.26. The molecule has 98 valence electrons. The van der Waals surface area contributed by atoms with Crippen LogP contribution in [-0.4, -0.2) is 18.5 Å². The van der Waals surface area contributed by atoms with Crippen molar-refractivity contribution >= 4 is 17.3 Å². The molecule has 0 aromatic heterocycles. The van der Waals surface area contributed by atoms with Crippen LogP contribution in [0.2, 0.25) is 0 Å². The molecular formula is C14H21N3O. The molecule has 0 bridgehead atoms. The van der Waals surface area contributed by atoms with Gasteiger partial charge in [-0.2, -0.15) is 0 Å². The summed E-state index contributed by atoms with van der Waals surface area (Å²) in [6.07, 6.45) is 1.38. The van der Waals surface area contributed by atoms with Crippen LogP contribution in [0.1, 0.15) is 25.8 Å². The molecule has 0 saturated carbocycles. The molecule has 18 heavy (non-hydrogen) atoms. The fourth-order valence-electron chi connectivity index (χ4n) is 2.19. The topological polar surface area (TPSA) is 67.1 Å². The average molecular weight is 247 g/mol. The number of benzene rings is 1. The van der Waals surface area contributed by atoms with Gasteiger partial charge in [0.05, 0.1) is 0 Å². The summed E-state index contributed by atoms with van der Waals surface area (Å²) < 4.78 is 0. The van der Waals surface area contributed by atoms with E-state index in [0.717, 1.165) is 17.8 Å². The van der Waals surface area contributed by atoms with Gasteiger partial charge in [-0.1, -0.05) is 13.8 Å². The van der Waals surface area contributed by atoms with Crippen molar-refractivity contribution in [2.45, 2.75) is 32.7 Å². The summed E-state index contributed by atoms with van der Waals surface area (Å²) in [5.41, 5.74) is 8.97. The van der Waals surface area contributed by atoms with Crippen molar-refractivity contribution in [1.29, 1.82) is 0 Å². The lowest BCUT2D eigenvalue weighted by molar-refractivity contribution is -0.116. The molecule has 1 heterocycles. The number of carbonyl (C=O) groups is 1. The lowest BCUT2D eigenvalue weighted by Gasteiger charge is -2.23. The van der Waals surface area contributed by atoms with Crippen molar-refractivity contribution in [3.8, 4) is 0 Å². The van der Waals surface area contributed by atoms with Crippen LogP contribution < -0.4 is 16.4 Å². The van der Waals surface area contributed by atoms with Gasteiger partial charge in [0.15, 0.2) is 0 Å². The fourth-order valence-corrected chi connectivity index (χ4v) is 2.19. The summed E-state index contributed by atoms with van der Waals surface area (Å²) in [6.45, 7) is 4.93. The first-order chi connectivity index (χ1) is 8.60. The third kappa shape index (κ3) is 2.82. The van der Waals surface area contributed by atoms with E-state index in [9.17, 15) is 4.79 Å². The Morgan fingerprint density at radius 1 is 1.39 bits per heavy atom. The highest BCUT2D eigenvalue weighted by atomic mass is 16.1. The first kappa shape index (κ1) is 12.9. The van der Waals surface area contributed by atoms with Gasteiger partial charge in [0.1, 0.15) is 0 Å². The summed E-state index contributed by atoms with van der Waals surface area (Å²) >= 11 is 0. The molecule has 4 heteroatoms. The number of nitrogens with one attached hydrogen (secondary N) is 2. The van der Waals surface area contributed by atoms with E-state index in [1.165, 1.54) is 5.56 Å². The lowest BCUT2D eigenvalue weighted by atomic mass is 10.0. The van der Waals surface area contributed by atoms with Crippen molar-refractivity contribution < 1.29 is 4.79 Å². The molecule has 1 amide bonds. The molecule has 0 aliphatic carbocycles. The van der Waals surface area contributed by atoms with Gasteiger partial charge >= 0.3 is 0 Å². The Morgan fingerprint density at radius 2 is 2.17 bits per heavy atom. The van der Waals surface area contributed by atoms with Gasteiger partial charge in [0.2, 0.25) is 5.91 Å². The fraction of sp³-hybridized carbons (Fsp3) is 0.500. The predicted octanol–water partition coefficient (Wildman–Crippen LogP) is 1.97. The molecule has 4 nitrogen and oxygen atoms in total. The molecule has 1 atom stereocenters. The van der Waals surface area contributed by atoms with Gasteiger partial charge in [0, 0.05) is 30.4 Å². The Kier molecular flexibility index (Phi) is 3.87. The van der Waals surface area contributed by atoms with E-state index in [0.29, 0.717) is 18.9 Å². The quantitative estimate of drug-likeness (QED) is 0.762. The molecule has 1 aliphatic rings. The third-order valence-corrected chi connectivity index (χ3v) is 3.41. The Morgan fingerprint density at radius 3 is 2.83 bits per heavy atom. The first-order valence-corrected chi connectivity index (χ1v) is 6.49. The molecular weight excluding hydrogens is 226 g/mol. The maximum atomic E-state index is 11.3. The number of aryl methyl sites for hydroxylation is 1. The first-order valence-electron chi connectivity index (χ1n) is 6.49. The van der Waals surface area contributed by atoms with Crippen LogP contribution in [0, 0.1) is 5.92 Å². The van der Waals surface area contributed by atoms with Crippen molar-refractivity contribution in [2.75, 3.05) is 17.2 Å². The SMILES string of the molecule is CC(C)C(CN)Nc1ccc2c(c1)CCC(=O)N2. The van der Waals surface area contributed by atoms with E-state index in [2.05, 4.69) is 30.5 Å². The largest absolute Gasteiger partial charge is 0.381 e. The van der Waals surface area contributed by atoms with E-state index in [1.807, 2.05) is 12.1 Å². The predicted molar refractivity (Wildman–Crippen MR) is 74.7 cm³/mol. The number of fused-ring (bicyclic) bond motifs is 1. The molecule has 0 fully saturated rings. The standard InChI is InChI=1S/C14H21N3O/c1-9(2)13(8-15)16-11-4-5-12-10(7-11)3-6-14(18)17-12/h4-5,7,9,13,16H,3,6,8,15H2,1-2H3,(H,17,18). The van der Waals surface area contributed by atoms with Crippen LogP contribution in [0.25, 0.3) is 0 Å². The summed E-state index contributed by atoms with van der Waals surface area (Å²) in [4.78, 5) is 11.3. The highest BCUT2D eigenvalue weighted by molar-refractivity contribution is 5.94. The minimum absolute atomic E-state index is 0.102. The minimum Gasteiger partial charge on any atom is -0.381 e. The second-order valence-electron chi connectivity index (χ2n) is 5.15. The molecule has 2 rings (SSSR count). The number of amides is 1. The Labute approximate surface area is 108 Å². The second kappa shape index (κ2) is 5.40. The van der Waals surface area contributed by atoms with Crippen molar-refractivity contribution in [1.82, 2.24) is 0 Å². The zero-order chi connectivity index (χ0) is 13.1. The zero-order valence-corrected chi connectivity index (χ0v) is 11.0. The number of nitrogens with two attached hydrogens (primary N) is 1. The van der Waals surface area contributed by atoms with Crippen LogP contribution in [0.15, 0.2) is 18.2 Å². The maximum absolute atomic E-state index is 11.3. The monoisotopic (exact) mass is 247 g/mol. The van der Waals surface area contributed by atoms with Gasteiger partial charge in [-0.15, -0.1) is 0 Å². The number of carbonyl (C=O) groups excluding carboxylic acids is 1.